The molecule has 32 heavy (non-hydrogen) atoms. The van der Waals surface area contributed by atoms with E-state index in [1.807, 2.05) is 0 Å². The van der Waals surface area contributed by atoms with Gasteiger partial charge in [-0.3, -0.25) is 9.20 Å². The molecule has 7 nitrogen and oxygen atoms in total. The highest BCUT2D eigenvalue weighted by atomic mass is 19.1. The molecule has 4 rings (SSSR count). The van der Waals surface area contributed by atoms with Crippen LogP contribution in [0.2, 0.25) is 0 Å². The number of rotatable bonds is 4. The lowest BCUT2D eigenvalue weighted by Gasteiger charge is -2.13. The van der Waals surface area contributed by atoms with Gasteiger partial charge in [0, 0.05) is 27.6 Å². The first-order valence-corrected chi connectivity index (χ1v) is 9.25. The number of nitrogens with two attached hydrogens (primary N) is 1. The van der Waals surface area contributed by atoms with Crippen LogP contribution in [0.15, 0.2) is 42.6 Å². The molecule has 0 aliphatic carbocycles. The SMILES string of the molecule is [2H]C([2H])([2H])c1nc(-c2ccc(NC(=O)C(O)c3cc(F)cc(F)c3)cc2F)c2c(N)nc(C)cn12. The molecule has 1 unspecified atom stereocenters. The Morgan fingerprint density at radius 2 is 1.91 bits per heavy atom. The molecule has 1 atom stereocenters. The number of hydrogen-bond acceptors (Lipinski definition) is 5. The summed E-state index contributed by atoms with van der Waals surface area (Å²) in [5, 5.41) is 12.4. The number of aryl methyl sites for hydroxylation is 2. The maximum atomic E-state index is 15.1. The number of carbonyl (C=O) groups excluding carboxylic acids is 1. The van der Waals surface area contributed by atoms with Crippen LogP contribution in [-0.2, 0) is 4.79 Å². The largest absolute Gasteiger partial charge is 0.382 e. The first kappa shape index (κ1) is 17.7. The second kappa shape index (κ2) is 7.97. The molecule has 0 radical (unpaired) electrons. The van der Waals surface area contributed by atoms with Crippen LogP contribution < -0.4 is 11.1 Å². The van der Waals surface area contributed by atoms with Crippen molar-refractivity contribution in [3.05, 3.63) is 77.1 Å². The van der Waals surface area contributed by atoms with Gasteiger partial charge >= 0.3 is 0 Å². The molecule has 2 aromatic heterocycles. The van der Waals surface area contributed by atoms with Gasteiger partial charge < -0.3 is 16.2 Å². The minimum absolute atomic E-state index is 0.0507. The summed E-state index contributed by atoms with van der Waals surface area (Å²) in [4.78, 5) is 20.5. The van der Waals surface area contributed by atoms with Crippen LogP contribution in [0, 0.1) is 31.2 Å². The number of nitrogens with one attached hydrogen (secondary N) is 1. The lowest BCUT2D eigenvalue weighted by atomic mass is 10.1. The number of aliphatic hydroxyl groups excluding tert-OH is 1. The van der Waals surface area contributed by atoms with Gasteiger partial charge in [-0.25, -0.2) is 23.1 Å². The topological polar surface area (TPSA) is 106 Å². The second-order valence-corrected chi connectivity index (χ2v) is 7.06. The summed E-state index contributed by atoms with van der Waals surface area (Å²) in [6.07, 6.45) is -0.497. The van der Waals surface area contributed by atoms with Crippen LogP contribution in [0.5, 0.6) is 0 Å². The fraction of sp³-hybridized carbons (Fsp3) is 0.136. The summed E-state index contributed by atoms with van der Waals surface area (Å²) < 4.78 is 66.4. The Bertz CT molecular complexity index is 1450. The Labute approximate surface area is 184 Å². The first-order valence-electron chi connectivity index (χ1n) is 10.8. The highest BCUT2D eigenvalue weighted by Crippen LogP contribution is 2.31. The Hall–Kier alpha value is -3.92. The zero-order valence-corrected chi connectivity index (χ0v) is 16.5. The van der Waals surface area contributed by atoms with E-state index >= 15 is 4.39 Å². The summed E-state index contributed by atoms with van der Waals surface area (Å²) in [6, 6.07) is 5.62. The van der Waals surface area contributed by atoms with Crippen molar-refractivity contribution in [1.82, 2.24) is 14.4 Å². The lowest BCUT2D eigenvalue weighted by Crippen LogP contribution is -2.21. The van der Waals surface area contributed by atoms with Crippen molar-refractivity contribution in [3.8, 4) is 11.3 Å². The van der Waals surface area contributed by atoms with Gasteiger partial charge in [0.1, 0.15) is 40.3 Å². The molecule has 0 fully saturated rings. The fourth-order valence-corrected chi connectivity index (χ4v) is 3.33. The van der Waals surface area contributed by atoms with E-state index in [0.29, 0.717) is 11.8 Å². The van der Waals surface area contributed by atoms with Crippen molar-refractivity contribution in [1.29, 1.82) is 0 Å². The number of carbonyl (C=O) groups is 1. The van der Waals surface area contributed by atoms with Crippen molar-refractivity contribution in [3.63, 3.8) is 0 Å². The molecule has 1 amide bonds. The third-order valence-corrected chi connectivity index (χ3v) is 4.71. The Morgan fingerprint density at radius 1 is 1.19 bits per heavy atom. The third-order valence-electron chi connectivity index (χ3n) is 4.71. The molecule has 0 saturated carbocycles. The number of anilines is 2. The molecule has 4 aromatic rings. The molecular formula is C22H18F3N5O2. The van der Waals surface area contributed by atoms with Gasteiger partial charge in [0.05, 0.1) is 5.69 Å². The molecular weight excluding hydrogens is 423 g/mol. The predicted octanol–water partition coefficient (Wildman–Crippen LogP) is 3.68. The Kier molecular flexibility index (Phi) is 4.41. The number of fused-ring (bicyclic) bond motifs is 1. The summed E-state index contributed by atoms with van der Waals surface area (Å²) in [6.45, 7) is -1.01. The van der Waals surface area contributed by atoms with E-state index in [4.69, 9.17) is 9.85 Å². The molecule has 10 heteroatoms. The van der Waals surface area contributed by atoms with Gasteiger partial charge in [-0.1, -0.05) is 0 Å². The number of aliphatic hydroxyl groups is 1. The lowest BCUT2D eigenvalue weighted by molar-refractivity contribution is -0.124. The standard InChI is InChI=1S/C22H18F3N5O2/c1-10-9-30-11(2)28-18(19(30)21(26)27-10)16-4-3-15(8-17(16)25)29-22(32)20(31)12-5-13(23)7-14(24)6-12/h3-9,20,31H,1-2H3,(H2,26,27)(H,29,32)/i2D3. The van der Waals surface area contributed by atoms with Gasteiger partial charge in [0.15, 0.2) is 6.10 Å². The third kappa shape index (κ3) is 3.87. The number of halogens is 3. The van der Waals surface area contributed by atoms with Crippen molar-refractivity contribution < 1.29 is 27.2 Å². The van der Waals surface area contributed by atoms with Crippen molar-refractivity contribution in [2.24, 2.45) is 0 Å². The van der Waals surface area contributed by atoms with Crippen LogP contribution in [0.4, 0.5) is 24.7 Å². The molecule has 0 spiro atoms. The number of hydrogen-bond donors (Lipinski definition) is 3. The first-order chi connectivity index (χ1) is 16.3. The monoisotopic (exact) mass is 444 g/mol. The van der Waals surface area contributed by atoms with E-state index in [9.17, 15) is 18.7 Å². The average molecular weight is 444 g/mol. The van der Waals surface area contributed by atoms with E-state index in [0.717, 1.165) is 18.2 Å². The number of aromatic nitrogens is 3. The second-order valence-electron chi connectivity index (χ2n) is 7.06. The Balaban J connectivity index is 1.69. The molecule has 0 aliphatic rings. The van der Waals surface area contributed by atoms with Gasteiger partial charge in [0.2, 0.25) is 0 Å². The molecule has 4 N–H and O–H groups in total. The normalized spacial score (nSPS) is 14.0. The van der Waals surface area contributed by atoms with Crippen molar-refractivity contribution in [2.45, 2.75) is 19.9 Å². The quantitative estimate of drug-likeness (QED) is 0.445. The van der Waals surface area contributed by atoms with E-state index in [1.54, 1.807) is 6.92 Å². The number of benzene rings is 2. The fourth-order valence-electron chi connectivity index (χ4n) is 3.33. The zero-order valence-electron chi connectivity index (χ0n) is 19.5. The van der Waals surface area contributed by atoms with Crippen LogP contribution in [-0.4, -0.2) is 25.4 Å². The van der Waals surface area contributed by atoms with Gasteiger partial charge in [-0.2, -0.15) is 0 Å². The highest BCUT2D eigenvalue weighted by molar-refractivity contribution is 5.95. The molecule has 0 saturated heterocycles. The minimum atomic E-state index is -2.63. The number of nitrogens with zero attached hydrogens (tertiary/aromatic N) is 3. The Morgan fingerprint density at radius 3 is 2.56 bits per heavy atom. The van der Waals surface area contributed by atoms with E-state index < -0.39 is 36.3 Å². The summed E-state index contributed by atoms with van der Waals surface area (Å²) >= 11 is 0. The highest BCUT2D eigenvalue weighted by Gasteiger charge is 2.21. The van der Waals surface area contributed by atoms with Crippen molar-refractivity contribution in [2.75, 3.05) is 11.1 Å². The van der Waals surface area contributed by atoms with Gasteiger partial charge in [-0.15, -0.1) is 0 Å². The molecule has 0 aliphatic heterocycles. The summed E-state index contributed by atoms with van der Waals surface area (Å²) in [5.41, 5.74) is 5.95. The zero-order chi connectivity index (χ0) is 25.7. The number of imidazole rings is 1. The van der Waals surface area contributed by atoms with Crippen LogP contribution in [0.25, 0.3) is 16.8 Å². The van der Waals surface area contributed by atoms with Crippen LogP contribution in [0.1, 0.15) is 27.3 Å². The van der Waals surface area contributed by atoms with Gasteiger partial charge in [-0.05, 0) is 49.7 Å². The van der Waals surface area contributed by atoms with E-state index in [1.165, 1.54) is 22.7 Å². The van der Waals surface area contributed by atoms with Crippen molar-refractivity contribution >= 4 is 22.9 Å². The van der Waals surface area contributed by atoms with Crippen LogP contribution >= 0.6 is 0 Å². The summed E-state index contributed by atoms with van der Waals surface area (Å²) in [5.74, 6) is -4.27. The summed E-state index contributed by atoms with van der Waals surface area (Å²) in [7, 11) is 0. The molecule has 0 bridgehead atoms. The van der Waals surface area contributed by atoms with E-state index in [-0.39, 0.29) is 39.7 Å². The molecule has 2 heterocycles. The van der Waals surface area contributed by atoms with Crippen LogP contribution in [0.3, 0.4) is 0 Å². The minimum Gasteiger partial charge on any atom is -0.382 e. The van der Waals surface area contributed by atoms with Gasteiger partial charge in [0.25, 0.3) is 5.91 Å². The molecule has 164 valence electrons. The molecule has 2 aromatic carbocycles. The predicted molar refractivity (Wildman–Crippen MR) is 112 cm³/mol. The maximum absolute atomic E-state index is 15.1. The number of nitrogen functional groups attached to an aromatic ring is 1. The maximum Gasteiger partial charge on any atom is 0.257 e. The number of amides is 1. The smallest absolute Gasteiger partial charge is 0.257 e. The average Bonchev–Trinajstić information content (AvgIpc) is 3.12. The van der Waals surface area contributed by atoms with E-state index in [2.05, 4.69) is 15.3 Å².